The molecule has 0 saturated heterocycles. The van der Waals surface area contributed by atoms with Crippen molar-refractivity contribution < 1.29 is 4.79 Å². The summed E-state index contributed by atoms with van der Waals surface area (Å²) < 4.78 is 1.11. The molecule has 4 rings (SSSR count). The molecule has 140 valence electrons. The van der Waals surface area contributed by atoms with Crippen LogP contribution in [0.4, 0.5) is 5.13 Å². The zero-order valence-electron chi connectivity index (χ0n) is 15.9. The smallest absolute Gasteiger partial charge is 0.260 e. The third-order valence-corrected chi connectivity index (χ3v) is 6.18. The van der Waals surface area contributed by atoms with Crippen LogP contribution in [0.1, 0.15) is 34.3 Å². The highest BCUT2D eigenvalue weighted by Gasteiger charge is 2.22. The lowest BCUT2D eigenvalue weighted by Gasteiger charge is -2.23. The maximum atomic E-state index is 13.4. The summed E-state index contributed by atoms with van der Waals surface area (Å²) in [6.45, 7) is 1.43. The zero-order chi connectivity index (χ0) is 18.8. The molecule has 1 heterocycles. The standard InChI is InChI=1S/C22H25N3OS/c1-24(2)13-14-25(22-23-19-9-5-6-10-20(19)27-22)21(26)18-12-11-16-7-3-4-8-17(16)15-18/h5-6,9-12,15H,3-4,7-8,13-14H2,1-2H3. The van der Waals surface area contributed by atoms with Crippen LogP contribution in [0.25, 0.3) is 10.2 Å². The average Bonchev–Trinajstić information content (AvgIpc) is 3.11. The molecule has 0 radical (unpaired) electrons. The molecule has 1 amide bonds. The summed E-state index contributed by atoms with van der Waals surface area (Å²) in [4.78, 5) is 22.1. The van der Waals surface area contributed by atoms with Crippen LogP contribution in [0.2, 0.25) is 0 Å². The molecule has 0 unspecified atom stereocenters. The molecule has 0 aliphatic heterocycles. The first-order valence-corrected chi connectivity index (χ1v) is 10.4. The van der Waals surface area contributed by atoms with Gasteiger partial charge in [-0.05, 0) is 75.2 Å². The van der Waals surface area contributed by atoms with Gasteiger partial charge in [-0.2, -0.15) is 0 Å². The van der Waals surface area contributed by atoms with E-state index in [1.807, 2.05) is 43.3 Å². The Morgan fingerprint density at radius 1 is 1.04 bits per heavy atom. The second kappa shape index (κ2) is 7.79. The largest absolute Gasteiger partial charge is 0.308 e. The van der Waals surface area contributed by atoms with Crippen molar-refractivity contribution in [2.24, 2.45) is 0 Å². The number of thiazole rings is 1. The van der Waals surface area contributed by atoms with Crippen LogP contribution in [-0.2, 0) is 12.8 Å². The maximum Gasteiger partial charge on any atom is 0.260 e. The molecule has 0 saturated carbocycles. The molecular weight excluding hydrogens is 354 g/mol. The Morgan fingerprint density at radius 3 is 2.59 bits per heavy atom. The number of anilines is 1. The van der Waals surface area contributed by atoms with Gasteiger partial charge in [-0.25, -0.2) is 4.98 Å². The lowest BCUT2D eigenvalue weighted by Crippen LogP contribution is -2.36. The molecule has 2 aromatic carbocycles. The van der Waals surface area contributed by atoms with Crippen LogP contribution in [0.15, 0.2) is 42.5 Å². The van der Waals surface area contributed by atoms with Crippen LogP contribution in [-0.4, -0.2) is 43.0 Å². The molecule has 1 aromatic heterocycles. The third-order valence-electron chi connectivity index (χ3n) is 5.12. The number of carbonyl (C=O) groups is 1. The molecule has 0 bridgehead atoms. The number of fused-ring (bicyclic) bond motifs is 2. The minimum absolute atomic E-state index is 0.0456. The lowest BCUT2D eigenvalue weighted by atomic mass is 9.90. The van der Waals surface area contributed by atoms with Gasteiger partial charge in [-0.1, -0.05) is 29.5 Å². The summed E-state index contributed by atoms with van der Waals surface area (Å²) >= 11 is 1.58. The Kier molecular flexibility index (Phi) is 5.23. The fourth-order valence-electron chi connectivity index (χ4n) is 3.58. The summed E-state index contributed by atoms with van der Waals surface area (Å²) in [7, 11) is 4.06. The molecule has 1 aliphatic carbocycles. The molecule has 0 fully saturated rings. The molecule has 0 atom stereocenters. The van der Waals surface area contributed by atoms with Gasteiger partial charge in [0.2, 0.25) is 0 Å². The van der Waals surface area contributed by atoms with Crippen LogP contribution in [0, 0.1) is 0 Å². The fraction of sp³-hybridized carbons (Fsp3) is 0.364. The molecular formula is C22H25N3OS. The highest BCUT2D eigenvalue weighted by molar-refractivity contribution is 7.22. The number of aryl methyl sites for hydroxylation is 2. The van der Waals surface area contributed by atoms with Crippen molar-refractivity contribution in [3.05, 3.63) is 59.2 Å². The number of rotatable bonds is 5. The Hall–Kier alpha value is -2.24. The molecule has 4 nitrogen and oxygen atoms in total. The topological polar surface area (TPSA) is 36.4 Å². The van der Waals surface area contributed by atoms with Crippen LogP contribution in [0.3, 0.4) is 0 Å². The summed E-state index contributed by atoms with van der Waals surface area (Å²) in [5, 5.41) is 0.778. The van der Waals surface area contributed by atoms with E-state index in [0.29, 0.717) is 6.54 Å². The van der Waals surface area contributed by atoms with E-state index < -0.39 is 0 Å². The lowest BCUT2D eigenvalue weighted by molar-refractivity contribution is 0.0985. The Balaban J connectivity index is 1.68. The summed E-state index contributed by atoms with van der Waals surface area (Å²) in [5.74, 6) is 0.0456. The summed E-state index contributed by atoms with van der Waals surface area (Å²) in [6, 6.07) is 14.3. The number of hydrogen-bond acceptors (Lipinski definition) is 4. The van der Waals surface area contributed by atoms with E-state index in [4.69, 9.17) is 4.98 Å². The number of benzene rings is 2. The second-order valence-electron chi connectivity index (χ2n) is 7.41. The predicted molar refractivity (Wildman–Crippen MR) is 113 cm³/mol. The van der Waals surface area contributed by atoms with Gasteiger partial charge in [0.05, 0.1) is 10.2 Å². The monoisotopic (exact) mass is 379 g/mol. The van der Waals surface area contributed by atoms with Crippen LogP contribution >= 0.6 is 11.3 Å². The molecule has 1 aliphatic rings. The first kappa shape index (κ1) is 18.1. The van der Waals surface area contributed by atoms with E-state index in [1.165, 1.54) is 24.0 Å². The summed E-state index contributed by atoms with van der Waals surface area (Å²) in [6.07, 6.45) is 4.68. The number of hydrogen-bond donors (Lipinski definition) is 0. The van der Waals surface area contributed by atoms with Gasteiger partial charge in [-0.3, -0.25) is 9.69 Å². The van der Waals surface area contributed by atoms with E-state index in [-0.39, 0.29) is 5.91 Å². The zero-order valence-corrected chi connectivity index (χ0v) is 16.8. The van der Waals surface area contributed by atoms with Crippen LogP contribution in [0.5, 0.6) is 0 Å². The van der Waals surface area contributed by atoms with Crippen molar-refractivity contribution in [3.63, 3.8) is 0 Å². The SMILES string of the molecule is CN(C)CCN(C(=O)c1ccc2c(c1)CCCC2)c1nc2ccccc2s1. The number of aromatic nitrogens is 1. The van der Waals surface area contributed by atoms with E-state index >= 15 is 0 Å². The van der Waals surface area contributed by atoms with Gasteiger partial charge in [0.15, 0.2) is 5.13 Å². The Morgan fingerprint density at radius 2 is 1.81 bits per heavy atom. The Bertz CT molecular complexity index is 930. The van der Waals surface area contributed by atoms with Gasteiger partial charge >= 0.3 is 0 Å². The normalized spacial score (nSPS) is 13.7. The van der Waals surface area contributed by atoms with Crippen molar-refractivity contribution in [1.29, 1.82) is 0 Å². The molecule has 0 N–H and O–H groups in total. The minimum Gasteiger partial charge on any atom is -0.308 e. The van der Waals surface area contributed by atoms with Gasteiger partial charge in [0, 0.05) is 18.7 Å². The van der Waals surface area contributed by atoms with E-state index in [1.54, 1.807) is 11.3 Å². The third kappa shape index (κ3) is 3.89. The van der Waals surface area contributed by atoms with E-state index in [0.717, 1.165) is 40.3 Å². The first-order chi connectivity index (χ1) is 13.1. The fourth-order valence-corrected chi connectivity index (χ4v) is 4.57. The van der Waals surface area contributed by atoms with Crippen molar-refractivity contribution in [3.8, 4) is 0 Å². The number of likely N-dealkylation sites (N-methyl/N-ethyl adjacent to an activating group) is 1. The van der Waals surface area contributed by atoms with Gasteiger partial charge in [-0.15, -0.1) is 0 Å². The molecule has 3 aromatic rings. The van der Waals surface area contributed by atoms with Crippen LogP contribution < -0.4 is 4.90 Å². The number of para-hydroxylation sites is 1. The molecule has 0 spiro atoms. The van der Waals surface area contributed by atoms with Crippen molar-refractivity contribution in [2.45, 2.75) is 25.7 Å². The van der Waals surface area contributed by atoms with E-state index in [9.17, 15) is 4.79 Å². The molecule has 27 heavy (non-hydrogen) atoms. The van der Waals surface area contributed by atoms with Crippen molar-refractivity contribution in [2.75, 3.05) is 32.1 Å². The number of nitrogens with zero attached hydrogens (tertiary/aromatic N) is 3. The van der Waals surface area contributed by atoms with Gasteiger partial charge < -0.3 is 4.90 Å². The quantitative estimate of drug-likeness (QED) is 0.660. The van der Waals surface area contributed by atoms with Gasteiger partial charge in [0.1, 0.15) is 0 Å². The highest BCUT2D eigenvalue weighted by atomic mass is 32.1. The number of carbonyl (C=O) groups excluding carboxylic acids is 1. The minimum atomic E-state index is 0.0456. The second-order valence-corrected chi connectivity index (χ2v) is 8.42. The van der Waals surface area contributed by atoms with Crippen molar-refractivity contribution >= 4 is 32.6 Å². The maximum absolute atomic E-state index is 13.4. The first-order valence-electron chi connectivity index (χ1n) is 9.56. The van der Waals surface area contributed by atoms with Crippen molar-refractivity contribution in [1.82, 2.24) is 9.88 Å². The molecule has 5 heteroatoms. The van der Waals surface area contributed by atoms with Gasteiger partial charge in [0.25, 0.3) is 5.91 Å². The highest BCUT2D eigenvalue weighted by Crippen LogP contribution is 2.30. The Labute approximate surface area is 164 Å². The summed E-state index contributed by atoms with van der Waals surface area (Å²) in [5.41, 5.74) is 4.46. The van der Waals surface area contributed by atoms with E-state index in [2.05, 4.69) is 23.1 Å². The predicted octanol–water partition coefficient (Wildman–Crippen LogP) is 4.38. The number of amides is 1. The average molecular weight is 380 g/mol.